The van der Waals surface area contributed by atoms with Crippen LogP contribution in [0.1, 0.15) is 0 Å². The summed E-state index contributed by atoms with van der Waals surface area (Å²) in [4.78, 5) is 8.36. The van der Waals surface area contributed by atoms with Crippen molar-refractivity contribution in [2.45, 2.75) is 0 Å². The van der Waals surface area contributed by atoms with Crippen LogP contribution in [0.3, 0.4) is 0 Å². The highest BCUT2D eigenvalue weighted by Gasteiger charge is 1.60. The third-order valence-corrected chi connectivity index (χ3v) is 0.254. The molecule has 0 unspecified atom stereocenters. The Labute approximate surface area is 46.5 Å². The average molecular weight is 127 g/mol. The van der Waals surface area contributed by atoms with Crippen molar-refractivity contribution in [1.82, 2.24) is 0 Å². The molecule has 0 aliphatic heterocycles. The van der Waals surface area contributed by atoms with E-state index in [4.69, 9.17) is 26.6 Å². The maximum absolute atomic E-state index is 8.36. The van der Waals surface area contributed by atoms with Gasteiger partial charge in [-0.2, -0.15) is 0 Å². The van der Waals surface area contributed by atoms with Gasteiger partial charge in [-0.05, 0) is 0 Å². The fourth-order valence-corrected chi connectivity index (χ4v) is 0. The van der Waals surface area contributed by atoms with Gasteiger partial charge >= 0.3 is 0 Å². The lowest BCUT2D eigenvalue weighted by Crippen LogP contribution is -1.76. The van der Waals surface area contributed by atoms with E-state index in [1.807, 2.05) is 0 Å². The molecule has 0 saturated heterocycles. The molecule has 44 valence electrons. The summed E-state index contributed by atoms with van der Waals surface area (Å²) in [6.07, 6.45) is 0. The van der Waals surface area contributed by atoms with E-state index >= 15 is 0 Å². The normalized spacial score (nSPS) is 6.00. The molecular formula is C3H7ClO3. The van der Waals surface area contributed by atoms with Crippen molar-refractivity contribution < 1.29 is 15.0 Å². The molecular weight excluding hydrogens is 119 g/mol. The van der Waals surface area contributed by atoms with Gasteiger partial charge in [-0.15, -0.1) is 11.6 Å². The van der Waals surface area contributed by atoms with Crippen LogP contribution in [0.5, 0.6) is 0 Å². The fourth-order valence-electron chi connectivity index (χ4n) is 0. The van der Waals surface area contributed by atoms with Crippen LogP contribution in [0.25, 0.3) is 0 Å². The molecule has 0 aromatic carbocycles. The van der Waals surface area contributed by atoms with E-state index in [2.05, 4.69) is 0 Å². The minimum absolute atomic E-state index is 0.0849. The van der Waals surface area contributed by atoms with E-state index in [9.17, 15) is 0 Å². The Hall–Kier alpha value is -0.280. The summed E-state index contributed by atoms with van der Waals surface area (Å²) in [5.41, 5.74) is 0. The number of halogens is 1. The molecule has 7 heavy (non-hydrogen) atoms. The molecule has 4 heteroatoms. The molecule has 0 aromatic rings. The standard InChI is InChI=1S/C2H5ClO.CH2O2/c3-1-2-4;2-1-3/h4H,1-2H2;1H,(H,2,3). The second-order valence-electron chi connectivity index (χ2n) is 0.518. The summed E-state index contributed by atoms with van der Waals surface area (Å²) in [7, 11) is 0. The van der Waals surface area contributed by atoms with E-state index in [1.54, 1.807) is 0 Å². The topological polar surface area (TPSA) is 57.5 Å². The first-order chi connectivity index (χ1) is 3.33. The average Bonchev–Trinajstić information content (AvgIpc) is 1.69. The van der Waals surface area contributed by atoms with Gasteiger partial charge in [0.15, 0.2) is 0 Å². The second kappa shape index (κ2) is 17.2. The van der Waals surface area contributed by atoms with E-state index in [0.717, 1.165) is 0 Å². The van der Waals surface area contributed by atoms with E-state index in [0.29, 0.717) is 5.88 Å². The monoisotopic (exact) mass is 126 g/mol. The lowest BCUT2D eigenvalue weighted by Gasteiger charge is -1.67. The van der Waals surface area contributed by atoms with Gasteiger partial charge in [0.05, 0.1) is 6.61 Å². The quantitative estimate of drug-likeness (QED) is 0.382. The van der Waals surface area contributed by atoms with E-state index in [1.165, 1.54) is 0 Å². The van der Waals surface area contributed by atoms with Gasteiger partial charge in [-0.1, -0.05) is 0 Å². The Balaban J connectivity index is 0. The van der Waals surface area contributed by atoms with Crippen molar-refractivity contribution in [3.8, 4) is 0 Å². The maximum Gasteiger partial charge on any atom is 0.290 e. The summed E-state index contributed by atoms with van der Waals surface area (Å²) in [6, 6.07) is 0. The molecule has 0 saturated carbocycles. The summed E-state index contributed by atoms with van der Waals surface area (Å²) in [6.45, 7) is -0.165. The number of carbonyl (C=O) groups is 1. The predicted octanol–water partition coefficient (Wildman–Crippen LogP) is -0.0817. The molecule has 0 aromatic heterocycles. The Morgan fingerprint density at radius 1 is 1.71 bits per heavy atom. The van der Waals surface area contributed by atoms with Crippen LogP contribution in [0, 0.1) is 0 Å². The van der Waals surface area contributed by atoms with Crippen LogP contribution in [-0.2, 0) is 4.79 Å². The fraction of sp³-hybridized carbons (Fsp3) is 0.667. The molecule has 0 radical (unpaired) electrons. The zero-order valence-corrected chi connectivity index (χ0v) is 4.43. The molecule has 2 N–H and O–H groups in total. The zero-order chi connectivity index (χ0) is 6.12. The van der Waals surface area contributed by atoms with Crippen molar-refractivity contribution in [3.05, 3.63) is 0 Å². The molecule has 0 bridgehead atoms. The summed E-state index contributed by atoms with van der Waals surface area (Å²) < 4.78 is 0. The third-order valence-electron chi connectivity index (χ3n) is 0.0845. The van der Waals surface area contributed by atoms with Crippen LogP contribution >= 0.6 is 11.6 Å². The van der Waals surface area contributed by atoms with Crippen LogP contribution in [0.2, 0.25) is 0 Å². The second-order valence-corrected chi connectivity index (χ2v) is 0.896. The molecule has 0 aliphatic rings. The first kappa shape index (κ1) is 9.87. The third kappa shape index (κ3) is 153. The van der Waals surface area contributed by atoms with Gasteiger partial charge < -0.3 is 10.2 Å². The first-order valence-electron chi connectivity index (χ1n) is 1.58. The van der Waals surface area contributed by atoms with E-state index < -0.39 is 0 Å². The van der Waals surface area contributed by atoms with Gasteiger partial charge in [-0.25, -0.2) is 0 Å². The predicted molar refractivity (Wildman–Crippen MR) is 26.5 cm³/mol. The van der Waals surface area contributed by atoms with Gasteiger partial charge in [0.25, 0.3) is 6.47 Å². The number of carboxylic acid groups (broad SMARTS) is 1. The SMILES string of the molecule is O=CO.OCCCl. The van der Waals surface area contributed by atoms with Gasteiger partial charge in [0.1, 0.15) is 0 Å². The molecule has 0 rings (SSSR count). The number of rotatable bonds is 1. The van der Waals surface area contributed by atoms with Crippen LogP contribution in [-0.4, -0.2) is 29.2 Å². The highest BCUT2D eigenvalue weighted by molar-refractivity contribution is 6.17. The van der Waals surface area contributed by atoms with Gasteiger partial charge in [0, 0.05) is 5.88 Å². The maximum atomic E-state index is 8.36. The molecule has 0 atom stereocenters. The molecule has 0 spiro atoms. The van der Waals surface area contributed by atoms with Crippen molar-refractivity contribution >= 4 is 18.1 Å². The van der Waals surface area contributed by atoms with Crippen LogP contribution in [0.4, 0.5) is 0 Å². The number of aliphatic hydroxyl groups is 1. The van der Waals surface area contributed by atoms with Gasteiger partial charge in [-0.3, -0.25) is 4.79 Å². The molecule has 0 amide bonds. The Bertz CT molecular complexity index is 29.4. The number of hydrogen-bond acceptors (Lipinski definition) is 2. The highest BCUT2D eigenvalue weighted by Crippen LogP contribution is 1.63. The summed E-state index contributed by atoms with van der Waals surface area (Å²) in [5, 5.41) is 14.6. The van der Waals surface area contributed by atoms with Crippen molar-refractivity contribution in [3.63, 3.8) is 0 Å². The summed E-state index contributed by atoms with van der Waals surface area (Å²) in [5.74, 6) is 0.347. The summed E-state index contributed by atoms with van der Waals surface area (Å²) >= 11 is 4.94. The lowest BCUT2D eigenvalue weighted by molar-refractivity contribution is -0.122. The van der Waals surface area contributed by atoms with Crippen molar-refractivity contribution in [1.29, 1.82) is 0 Å². The van der Waals surface area contributed by atoms with Crippen molar-refractivity contribution in [2.75, 3.05) is 12.5 Å². The Kier molecular flexibility index (Phi) is 24.3. The molecule has 0 aliphatic carbocycles. The lowest BCUT2D eigenvalue weighted by atomic mass is 10.9. The van der Waals surface area contributed by atoms with Crippen molar-refractivity contribution in [2.24, 2.45) is 0 Å². The first-order valence-corrected chi connectivity index (χ1v) is 2.11. The zero-order valence-electron chi connectivity index (χ0n) is 3.67. The Morgan fingerprint density at radius 2 is 1.86 bits per heavy atom. The minimum Gasteiger partial charge on any atom is -0.483 e. The molecule has 0 fully saturated rings. The minimum atomic E-state index is -0.250. The molecule has 0 heterocycles. The van der Waals surface area contributed by atoms with Crippen LogP contribution < -0.4 is 0 Å². The molecule has 3 nitrogen and oxygen atoms in total. The van der Waals surface area contributed by atoms with Crippen LogP contribution in [0.15, 0.2) is 0 Å². The number of aliphatic hydroxyl groups excluding tert-OH is 1. The van der Waals surface area contributed by atoms with Gasteiger partial charge in [0.2, 0.25) is 0 Å². The number of hydrogen-bond donors (Lipinski definition) is 2. The van der Waals surface area contributed by atoms with E-state index in [-0.39, 0.29) is 13.1 Å². The Morgan fingerprint density at radius 3 is 1.86 bits per heavy atom. The number of alkyl halides is 1. The largest absolute Gasteiger partial charge is 0.483 e. The highest BCUT2D eigenvalue weighted by atomic mass is 35.5. The smallest absolute Gasteiger partial charge is 0.290 e.